The molecule has 122 valence electrons. The Kier molecular flexibility index (Phi) is 5.50. The van der Waals surface area contributed by atoms with Gasteiger partial charge in [-0.2, -0.15) is 0 Å². The van der Waals surface area contributed by atoms with E-state index < -0.39 is 17.3 Å². The molecule has 2 rings (SSSR count). The number of benzene rings is 2. The van der Waals surface area contributed by atoms with Crippen LogP contribution in [0.5, 0.6) is 0 Å². The first-order chi connectivity index (χ1) is 10.9. The summed E-state index contributed by atoms with van der Waals surface area (Å²) < 4.78 is 13.9. The van der Waals surface area contributed by atoms with Crippen LogP contribution in [0.1, 0.15) is 25.0 Å². The van der Waals surface area contributed by atoms with E-state index in [9.17, 15) is 14.3 Å². The molecule has 0 aromatic heterocycles. The molecule has 0 fully saturated rings. The maximum absolute atomic E-state index is 13.9. The summed E-state index contributed by atoms with van der Waals surface area (Å²) in [5.74, 6) is -0.716. The normalized spacial score (nSPS) is 12.7. The highest BCUT2D eigenvalue weighted by molar-refractivity contribution is 5.87. The average Bonchev–Trinajstić information content (AvgIpc) is 2.53. The van der Waals surface area contributed by atoms with E-state index in [2.05, 4.69) is 5.32 Å². The van der Waals surface area contributed by atoms with Crippen LogP contribution in [0.15, 0.2) is 54.6 Å². The Morgan fingerprint density at radius 2 is 1.74 bits per heavy atom. The summed E-state index contributed by atoms with van der Waals surface area (Å²) in [4.78, 5) is 12.4. The van der Waals surface area contributed by atoms with E-state index in [1.807, 2.05) is 30.3 Å². The standard InChI is InChI=1S/C19H22FNO2/c1-19(2,16-10-6-7-11-17(16)20)18(23)21-13-15(22)12-14-8-4-3-5-9-14/h3-11,15,22H,12-13H2,1-2H3,(H,21,23). The number of rotatable bonds is 6. The van der Waals surface area contributed by atoms with Crippen molar-refractivity contribution in [1.29, 1.82) is 0 Å². The number of hydrogen-bond donors (Lipinski definition) is 2. The van der Waals surface area contributed by atoms with Gasteiger partial charge in [0.1, 0.15) is 5.82 Å². The minimum absolute atomic E-state index is 0.131. The lowest BCUT2D eigenvalue weighted by Gasteiger charge is -2.25. The fraction of sp³-hybridized carbons (Fsp3) is 0.316. The van der Waals surface area contributed by atoms with Crippen molar-refractivity contribution in [3.8, 4) is 0 Å². The van der Waals surface area contributed by atoms with Crippen molar-refractivity contribution < 1.29 is 14.3 Å². The number of aliphatic hydroxyl groups is 1. The molecule has 0 aliphatic rings. The van der Waals surface area contributed by atoms with Crippen LogP contribution in [0.25, 0.3) is 0 Å². The molecule has 0 aliphatic carbocycles. The molecule has 0 saturated carbocycles. The molecule has 0 saturated heterocycles. The number of carbonyl (C=O) groups excluding carboxylic acids is 1. The van der Waals surface area contributed by atoms with Crippen LogP contribution in [0.4, 0.5) is 4.39 Å². The van der Waals surface area contributed by atoms with Crippen molar-refractivity contribution in [2.24, 2.45) is 0 Å². The van der Waals surface area contributed by atoms with Crippen LogP contribution in [-0.2, 0) is 16.6 Å². The number of hydrogen-bond acceptors (Lipinski definition) is 2. The zero-order chi connectivity index (χ0) is 16.9. The van der Waals surface area contributed by atoms with Crippen LogP contribution in [-0.4, -0.2) is 23.7 Å². The number of carbonyl (C=O) groups is 1. The van der Waals surface area contributed by atoms with Gasteiger partial charge in [-0.15, -0.1) is 0 Å². The second-order valence-electron chi connectivity index (χ2n) is 6.16. The van der Waals surface area contributed by atoms with E-state index in [4.69, 9.17) is 0 Å². The molecule has 2 aromatic carbocycles. The van der Waals surface area contributed by atoms with Gasteiger partial charge in [-0.25, -0.2) is 4.39 Å². The Morgan fingerprint density at radius 1 is 1.13 bits per heavy atom. The molecule has 0 spiro atoms. The molecule has 0 heterocycles. The van der Waals surface area contributed by atoms with Crippen LogP contribution >= 0.6 is 0 Å². The quantitative estimate of drug-likeness (QED) is 0.861. The monoisotopic (exact) mass is 315 g/mol. The van der Waals surface area contributed by atoms with Gasteiger partial charge in [-0.1, -0.05) is 48.5 Å². The van der Waals surface area contributed by atoms with E-state index in [1.54, 1.807) is 32.0 Å². The number of halogens is 1. The Labute approximate surface area is 136 Å². The first-order valence-electron chi connectivity index (χ1n) is 7.66. The van der Waals surface area contributed by atoms with Gasteiger partial charge in [0.15, 0.2) is 0 Å². The van der Waals surface area contributed by atoms with Gasteiger partial charge in [0.2, 0.25) is 5.91 Å². The zero-order valence-electron chi connectivity index (χ0n) is 13.4. The molecule has 4 heteroatoms. The Hall–Kier alpha value is -2.20. The van der Waals surface area contributed by atoms with Gasteiger partial charge in [0.05, 0.1) is 11.5 Å². The first kappa shape index (κ1) is 17.2. The molecule has 3 nitrogen and oxygen atoms in total. The highest BCUT2D eigenvalue weighted by Gasteiger charge is 2.32. The smallest absolute Gasteiger partial charge is 0.230 e. The molecule has 0 bridgehead atoms. The SMILES string of the molecule is CC(C)(C(=O)NCC(O)Cc1ccccc1)c1ccccc1F. The van der Waals surface area contributed by atoms with Crippen molar-refractivity contribution in [2.75, 3.05) is 6.54 Å². The van der Waals surface area contributed by atoms with Crippen LogP contribution in [0.3, 0.4) is 0 Å². The molecular formula is C19H22FNO2. The molecule has 1 amide bonds. The molecule has 0 aliphatic heterocycles. The zero-order valence-corrected chi connectivity index (χ0v) is 13.4. The maximum atomic E-state index is 13.9. The van der Waals surface area contributed by atoms with Gasteiger partial charge in [-0.3, -0.25) is 4.79 Å². The van der Waals surface area contributed by atoms with E-state index in [0.29, 0.717) is 12.0 Å². The third kappa shape index (κ3) is 4.39. The van der Waals surface area contributed by atoms with Crippen molar-refractivity contribution in [3.05, 3.63) is 71.5 Å². The van der Waals surface area contributed by atoms with Gasteiger partial charge in [0, 0.05) is 18.5 Å². The minimum Gasteiger partial charge on any atom is -0.391 e. The molecule has 1 atom stereocenters. The Balaban J connectivity index is 1.95. The first-order valence-corrected chi connectivity index (χ1v) is 7.66. The average molecular weight is 315 g/mol. The predicted molar refractivity (Wildman–Crippen MR) is 88.6 cm³/mol. The lowest BCUT2D eigenvalue weighted by molar-refractivity contribution is -0.126. The van der Waals surface area contributed by atoms with Gasteiger partial charge < -0.3 is 10.4 Å². The second kappa shape index (κ2) is 7.38. The largest absolute Gasteiger partial charge is 0.391 e. The molecule has 2 aromatic rings. The lowest BCUT2D eigenvalue weighted by Crippen LogP contribution is -2.44. The van der Waals surface area contributed by atoms with E-state index >= 15 is 0 Å². The van der Waals surface area contributed by atoms with Crippen LogP contribution < -0.4 is 5.32 Å². The Bertz CT molecular complexity index is 655. The fourth-order valence-corrected chi connectivity index (χ4v) is 2.48. The summed E-state index contributed by atoms with van der Waals surface area (Å²) in [7, 11) is 0. The van der Waals surface area contributed by atoms with Gasteiger partial charge in [-0.05, 0) is 25.5 Å². The summed E-state index contributed by atoms with van der Waals surface area (Å²) in [6.45, 7) is 3.47. The molecule has 1 unspecified atom stereocenters. The summed E-state index contributed by atoms with van der Waals surface area (Å²) in [6, 6.07) is 15.8. The van der Waals surface area contributed by atoms with Crippen molar-refractivity contribution >= 4 is 5.91 Å². The van der Waals surface area contributed by atoms with Crippen LogP contribution in [0.2, 0.25) is 0 Å². The van der Waals surface area contributed by atoms with Crippen LogP contribution in [0, 0.1) is 5.82 Å². The molecular weight excluding hydrogens is 293 g/mol. The molecule has 2 N–H and O–H groups in total. The van der Waals surface area contributed by atoms with E-state index in [1.165, 1.54) is 6.07 Å². The fourth-order valence-electron chi connectivity index (χ4n) is 2.48. The molecule has 0 radical (unpaired) electrons. The van der Waals surface area contributed by atoms with E-state index in [0.717, 1.165) is 5.56 Å². The minimum atomic E-state index is -1.00. The summed E-state index contributed by atoms with van der Waals surface area (Å²) in [5.41, 5.74) is 0.343. The highest BCUT2D eigenvalue weighted by atomic mass is 19.1. The van der Waals surface area contributed by atoms with Gasteiger partial charge in [0.25, 0.3) is 0 Å². The van der Waals surface area contributed by atoms with Crippen molar-refractivity contribution in [3.63, 3.8) is 0 Å². The third-order valence-corrected chi connectivity index (χ3v) is 3.93. The van der Waals surface area contributed by atoms with E-state index in [-0.39, 0.29) is 12.5 Å². The molecule has 23 heavy (non-hydrogen) atoms. The summed E-state index contributed by atoms with van der Waals surface area (Å²) >= 11 is 0. The highest BCUT2D eigenvalue weighted by Crippen LogP contribution is 2.25. The predicted octanol–water partition coefficient (Wildman–Crippen LogP) is 2.82. The maximum Gasteiger partial charge on any atom is 0.230 e. The third-order valence-electron chi connectivity index (χ3n) is 3.93. The number of aliphatic hydroxyl groups excluding tert-OH is 1. The van der Waals surface area contributed by atoms with Crippen molar-refractivity contribution in [2.45, 2.75) is 31.8 Å². The lowest BCUT2D eigenvalue weighted by atomic mass is 9.83. The van der Waals surface area contributed by atoms with Gasteiger partial charge >= 0.3 is 0 Å². The Morgan fingerprint density at radius 3 is 2.39 bits per heavy atom. The summed E-state index contributed by atoms with van der Waals surface area (Å²) in [6.07, 6.45) is -0.223. The summed E-state index contributed by atoms with van der Waals surface area (Å²) in [5, 5.41) is 12.8. The topological polar surface area (TPSA) is 49.3 Å². The number of nitrogens with one attached hydrogen (secondary N) is 1. The van der Waals surface area contributed by atoms with Crippen molar-refractivity contribution in [1.82, 2.24) is 5.32 Å². The second-order valence-corrected chi connectivity index (χ2v) is 6.16. The number of amides is 1.